The van der Waals surface area contributed by atoms with Crippen LogP contribution in [0.15, 0.2) is 24.3 Å². The second-order valence-electron chi connectivity index (χ2n) is 4.23. The molecule has 0 saturated carbocycles. The van der Waals surface area contributed by atoms with Crippen molar-refractivity contribution >= 4 is 5.91 Å². The molecule has 102 valence electrons. The third kappa shape index (κ3) is 4.09. The highest BCUT2D eigenvalue weighted by Gasteiger charge is 2.19. The average Bonchev–Trinajstić information content (AvgIpc) is 2.44. The maximum absolute atomic E-state index is 12.4. The minimum absolute atomic E-state index is 0.0173. The van der Waals surface area contributed by atoms with Crippen LogP contribution in [0.5, 0.6) is 0 Å². The van der Waals surface area contributed by atoms with Crippen LogP contribution < -0.4 is 0 Å². The molecule has 0 saturated heterocycles. The van der Waals surface area contributed by atoms with Crippen molar-refractivity contribution in [2.45, 2.75) is 13.0 Å². The standard InChI is InChI=1S/C15H19NO3/c1-12(11-19-3)16(2)15(18)14-9-5-4-7-13(14)8-6-10-17/h4-5,7,9,12,17H,10-11H2,1-3H3. The van der Waals surface area contributed by atoms with Crippen LogP contribution in [0.3, 0.4) is 0 Å². The van der Waals surface area contributed by atoms with E-state index in [0.29, 0.717) is 17.7 Å². The molecule has 0 radical (unpaired) electrons. The monoisotopic (exact) mass is 261 g/mol. The van der Waals surface area contributed by atoms with Gasteiger partial charge in [-0.3, -0.25) is 4.79 Å². The molecule has 1 aromatic rings. The maximum atomic E-state index is 12.4. The summed E-state index contributed by atoms with van der Waals surface area (Å²) in [5, 5.41) is 8.74. The van der Waals surface area contributed by atoms with E-state index >= 15 is 0 Å². The molecule has 0 spiro atoms. The van der Waals surface area contributed by atoms with Gasteiger partial charge in [-0.2, -0.15) is 0 Å². The minimum atomic E-state index is -0.224. The van der Waals surface area contributed by atoms with Crippen molar-refractivity contribution in [2.24, 2.45) is 0 Å². The average molecular weight is 261 g/mol. The molecule has 1 rings (SSSR count). The van der Waals surface area contributed by atoms with Gasteiger partial charge in [0.1, 0.15) is 6.61 Å². The van der Waals surface area contributed by atoms with Gasteiger partial charge in [-0.25, -0.2) is 0 Å². The normalized spacial score (nSPS) is 11.4. The Morgan fingerprint density at radius 2 is 2.16 bits per heavy atom. The van der Waals surface area contributed by atoms with Crippen molar-refractivity contribution in [2.75, 3.05) is 27.4 Å². The molecule has 0 aliphatic heterocycles. The first kappa shape index (κ1) is 15.2. The molecule has 4 heteroatoms. The molecule has 1 N–H and O–H groups in total. The van der Waals surface area contributed by atoms with Crippen LogP contribution in [0.2, 0.25) is 0 Å². The fraction of sp³-hybridized carbons (Fsp3) is 0.400. The van der Waals surface area contributed by atoms with Crippen LogP contribution in [0.4, 0.5) is 0 Å². The number of amides is 1. The first-order valence-corrected chi connectivity index (χ1v) is 6.06. The summed E-state index contributed by atoms with van der Waals surface area (Å²) in [6, 6.07) is 7.10. The highest BCUT2D eigenvalue weighted by molar-refractivity contribution is 5.96. The number of aliphatic hydroxyl groups excluding tert-OH is 1. The van der Waals surface area contributed by atoms with Crippen molar-refractivity contribution in [1.82, 2.24) is 4.90 Å². The molecule has 1 atom stereocenters. The van der Waals surface area contributed by atoms with E-state index in [2.05, 4.69) is 11.8 Å². The first-order chi connectivity index (χ1) is 9.11. The number of rotatable bonds is 4. The van der Waals surface area contributed by atoms with Crippen LogP contribution in [0.1, 0.15) is 22.8 Å². The molecule has 1 aromatic carbocycles. The number of hydrogen-bond acceptors (Lipinski definition) is 3. The van der Waals surface area contributed by atoms with Gasteiger partial charge in [0.15, 0.2) is 0 Å². The number of carbonyl (C=O) groups excluding carboxylic acids is 1. The summed E-state index contributed by atoms with van der Waals surface area (Å²) in [4.78, 5) is 14.0. The van der Waals surface area contributed by atoms with Gasteiger partial charge in [0.05, 0.1) is 18.2 Å². The summed E-state index contributed by atoms with van der Waals surface area (Å²) in [6.45, 7) is 2.18. The fourth-order valence-corrected chi connectivity index (χ4v) is 1.66. The number of methoxy groups -OCH3 is 1. The summed E-state index contributed by atoms with van der Waals surface area (Å²) >= 11 is 0. The smallest absolute Gasteiger partial charge is 0.255 e. The number of ether oxygens (including phenoxy) is 1. The molecule has 1 amide bonds. The van der Waals surface area contributed by atoms with Gasteiger partial charge < -0.3 is 14.7 Å². The quantitative estimate of drug-likeness (QED) is 0.827. The zero-order valence-corrected chi connectivity index (χ0v) is 11.5. The van der Waals surface area contributed by atoms with Gasteiger partial charge >= 0.3 is 0 Å². The Balaban J connectivity index is 2.99. The second kappa shape index (κ2) is 7.57. The largest absolute Gasteiger partial charge is 0.384 e. The molecule has 0 aromatic heterocycles. The first-order valence-electron chi connectivity index (χ1n) is 6.06. The lowest BCUT2D eigenvalue weighted by atomic mass is 10.1. The van der Waals surface area contributed by atoms with Gasteiger partial charge in [0.2, 0.25) is 0 Å². The maximum Gasteiger partial charge on any atom is 0.255 e. The lowest BCUT2D eigenvalue weighted by Crippen LogP contribution is -2.38. The zero-order valence-electron chi connectivity index (χ0n) is 11.5. The second-order valence-corrected chi connectivity index (χ2v) is 4.23. The predicted molar refractivity (Wildman–Crippen MR) is 73.8 cm³/mol. The van der Waals surface area contributed by atoms with Crippen molar-refractivity contribution in [3.8, 4) is 11.8 Å². The number of nitrogens with zero attached hydrogens (tertiary/aromatic N) is 1. The van der Waals surface area contributed by atoms with E-state index in [4.69, 9.17) is 9.84 Å². The lowest BCUT2D eigenvalue weighted by molar-refractivity contribution is 0.0633. The van der Waals surface area contributed by atoms with Gasteiger partial charge in [-0.1, -0.05) is 24.0 Å². The minimum Gasteiger partial charge on any atom is -0.384 e. The molecule has 0 aliphatic rings. The molecule has 0 fully saturated rings. The summed E-state index contributed by atoms with van der Waals surface area (Å²) in [7, 11) is 3.34. The highest BCUT2D eigenvalue weighted by Crippen LogP contribution is 2.12. The number of hydrogen-bond donors (Lipinski definition) is 1. The third-order valence-electron chi connectivity index (χ3n) is 2.85. The number of benzene rings is 1. The Labute approximate surface area is 114 Å². The van der Waals surface area contributed by atoms with Gasteiger partial charge in [0.25, 0.3) is 5.91 Å². The van der Waals surface area contributed by atoms with Crippen molar-refractivity contribution in [3.05, 3.63) is 35.4 Å². The Morgan fingerprint density at radius 3 is 2.79 bits per heavy atom. The Bertz CT molecular complexity index is 488. The molecule has 19 heavy (non-hydrogen) atoms. The lowest BCUT2D eigenvalue weighted by Gasteiger charge is -2.24. The van der Waals surface area contributed by atoms with Crippen molar-refractivity contribution in [3.63, 3.8) is 0 Å². The van der Waals surface area contributed by atoms with E-state index in [1.165, 1.54) is 0 Å². The fourth-order valence-electron chi connectivity index (χ4n) is 1.66. The SMILES string of the molecule is COCC(C)N(C)C(=O)c1ccccc1C#CCO. The summed E-state index contributed by atoms with van der Waals surface area (Å²) < 4.78 is 5.05. The molecular formula is C15H19NO3. The Hall–Kier alpha value is -1.83. The summed E-state index contributed by atoms with van der Waals surface area (Å²) in [5.74, 6) is 5.25. The van der Waals surface area contributed by atoms with Crippen LogP contribution in [-0.2, 0) is 4.74 Å². The van der Waals surface area contributed by atoms with Crippen molar-refractivity contribution in [1.29, 1.82) is 0 Å². The van der Waals surface area contributed by atoms with E-state index in [9.17, 15) is 4.79 Å². The van der Waals surface area contributed by atoms with Crippen molar-refractivity contribution < 1.29 is 14.6 Å². The number of likely N-dealkylation sites (N-methyl/N-ethyl adjacent to an activating group) is 1. The van der Waals surface area contributed by atoms with Crippen LogP contribution in [0.25, 0.3) is 0 Å². The van der Waals surface area contributed by atoms with Gasteiger partial charge in [-0.05, 0) is 19.1 Å². The summed E-state index contributed by atoms with van der Waals surface area (Å²) in [5.41, 5.74) is 1.16. The molecule has 1 unspecified atom stereocenters. The topological polar surface area (TPSA) is 49.8 Å². The van der Waals surface area contributed by atoms with E-state index < -0.39 is 0 Å². The van der Waals surface area contributed by atoms with E-state index in [1.807, 2.05) is 13.0 Å². The molecule has 0 aliphatic carbocycles. The molecule has 0 bridgehead atoms. The number of aliphatic hydroxyl groups is 1. The van der Waals surface area contributed by atoms with E-state index in [1.54, 1.807) is 37.3 Å². The summed E-state index contributed by atoms with van der Waals surface area (Å²) in [6.07, 6.45) is 0. The molecule has 4 nitrogen and oxygen atoms in total. The number of carbonyl (C=O) groups is 1. The predicted octanol–water partition coefficient (Wildman–Crippen LogP) is 1.14. The third-order valence-corrected chi connectivity index (χ3v) is 2.85. The Morgan fingerprint density at radius 1 is 1.47 bits per heavy atom. The Kier molecular flexibility index (Phi) is 6.07. The van der Waals surface area contributed by atoms with E-state index in [0.717, 1.165) is 0 Å². The van der Waals surface area contributed by atoms with Gasteiger partial charge in [0, 0.05) is 19.7 Å². The molecular weight excluding hydrogens is 242 g/mol. The van der Waals surface area contributed by atoms with Gasteiger partial charge in [-0.15, -0.1) is 0 Å². The van der Waals surface area contributed by atoms with E-state index in [-0.39, 0.29) is 18.6 Å². The van der Waals surface area contributed by atoms with Crippen LogP contribution >= 0.6 is 0 Å². The van der Waals surface area contributed by atoms with Crippen LogP contribution in [-0.4, -0.2) is 49.3 Å². The van der Waals surface area contributed by atoms with Crippen LogP contribution in [0, 0.1) is 11.8 Å². The highest BCUT2D eigenvalue weighted by atomic mass is 16.5. The zero-order chi connectivity index (χ0) is 14.3. The molecule has 0 heterocycles.